The van der Waals surface area contributed by atoms with Crippen LogP contribution in [0.25, 0.3) is 0 Å². The number of hydrogen-bond acceptors (Lipinski definition) is 4. The number of hydrogen-bond donors (Lipinski definition) is 2. The van der Waals surface area contributed by atoms with Gasteiger partial charge in [0, 0.05) is 38.3 Å². The zero-order chi connectivity index (χ0) is 12.8. The lowest BCUT2D eigenvalue weighted by Crippen LogP contribution is -2.45. The van der Waals surface area contributed by atoms with E-state index in [-0.39, 0.29) is 36.8 Å². The summed E-state index contributed by atoms with van der Waals surface area (Å²) in [6.07, 6.45) is 4.16. The van der Waals surface area contributed by atoms with Crippen LogP contribution in [-0.4, -0.2) is 36.6 Å². The molecule has 0 saturated carbocycles. The highest BCUT2D eigenvalue weighted by Gasteiger charge is 2.20. The number of rotatable bonds is 4. The fourth-order valence-corrected chi connectivity index (χ4v) is 2.22. The summed E-state index contributed by atoms with van der Waals surface area (Å²) >= 11 is 0. The number of carbonyl (C=O) groups is 1. The average molecular weight is 321 g/mol. The minimum Gasteiger partial charge on any atom is -0.356 e. The molecule has 1 saturated heterocycles. The summed E-state index contributed by atoms with van der Waals surface area (Å²) < 4.78 is 0. The molecule has 0 aromatic carbocycles. The predicted molar refractivity (Wildman–Crippen MR) is 85.8 cm³/mol. The van der Waals surface area contributed by atoms with Crippen molar-refractivity contribution in [2.24, 2.45) is 5.73 Å². The summed E-state index contributed by atoms with van der Waals surface area (Å²) in [5.74, 6) is 1.08. The lowest BCUT2D eigenvalue weighted by Gasteiger charge is -2.33. The van der Waals surface area contributed by atoms with Gasteiger partial charge in [0.05, 0.1) is 0 Å². The van der Waals surface area contributed by atoms with Crippen LogP contribution in [0.15, 0.2) is 24.4 Å². The first kappa shape index (κ1) is 19.0. The van der Waals surface area contributed by atoms with Crippen molar-refractivity contribution in [2.45, 2.75) is 25.3 Å². The van der Waals surface area contributed by atoms with Crippen molar-refractivity contribution in [3.05, 3.63) is 24.4 Å². The second-order valence-electron chi connectivity index (χ2n) is 4.56. The molecule has 0 bridgehead atoms. The molecule has 2 rings (SSSR count). The van der Waals surface area contributed by atoms with Crippen LogP contribution in [0.2, 0.25) is 0 Å². The Morgan fingerprint density at radius 1 is 1.35 bits per heavy atom. The van der Waals surface area contributed by atoms with Gasteiger partial charge in [-0.2, -0.15) is 0 Å². The van der Waals surface area contributed by atoms with Crippen LogP contribution >= 0.6 is 24.8 Å². The highest BCUT2D eigenvalue weighted by molar-refractivity contribution is 5.85. The maximum atomic E-state index is 11.4. The maximum absolute atomic E-state index is 11.4. The van der Waals surface area contributed by atoms with Crippen LogP contribution in [0.4, 0.5) is 5.82 Å². The minimum atomic E-state index is 0. The molecule has 1 amide bonds. The molecule has 1 aromatic heterocycles. The first-order valence-corrected chi connectivity index (χ1v) is 6.45. The Kier molecular flexibility index (Phi) is 9.29. The monoisotopic (exact) mass is 320 g/mol. The molecule has 1 fully saturated rings. The Balaban J connectivity index is 0.00000180. The molecule has 7 heteroatoms. The third-order valence-electron chi connectivity index (χ3n) is 3.20. The molecule has 1 aliphatic heterocycles. The number of pyridine rings is 1. The van der Waals surface area contributed by atoms with E-state index in [1.807, 2.05) is 24.4 Å². The molecule has 20 heavy (non-hydrogen) atoms. The van der Waals surface area contributed by atoms with E-state index in [2.05, 4.69) is 15.2 Å². The summed E-state index contributed by atoms with van der Waals surface area (Å²) in [4.78, 5) is 18.0. The van der Waals surface area contributed by atoms with Crippen LogP contribution in [0.3, 0.4) is 0 Å². The number of anilines is 1. The second kappa shape index (κ2) is 9.80. The number of piperidine rings is 1. The van der Waals surface area contributed by atoms with E-state index in [9.17, 15) is 4.79 Å². The van der Waals surface area contributed by atoms with Gasteiger partial charge in [0.2, 0.25) is 5.91 Å². The van der Waals surface area contributed by atoms with Crippen LogP contribution < -0.4 is 16.0 Å². The van der Waals surface area contributed by atoms with E-state index in [1.54, 1.807) is 0 Å². The summed E-state index contributed by atoms with van der Waals surface area (Å²) in [7, 11) is 0. The van der Waals surface area contributed by atoms with Crippen LogP contribution in [0, 0.1) is 0 Å². The quantitative estimate of drug-likeness (QED) is 0.878. The van der Waals surface area contributed by atoms with Gasteiger partial charge < -0.3 is 16.0 Å². The van der Waals surface area contributed by atoms with E-state index >= 15 is 0 Å². The van der Waals surface area contributed by atoms with E-state index in [0.29, 0.717) is 13.0 Å². The lowest BCUT2D eigenvalue weighted by atomic mass is 10.0. The Labute approximate surface area is 132 Å². The molecule has 0 atom stereocenters. The lowest BCUT2D eigenvalue weighted by molar-refractivity contribution is -0.121. The highest BCUT2D eigenvalue weighted by atomic mass is 35.5. The van der Waals surface area contributed by atoms with Gasteiger partial charge in [0.1, 0.15) is 5.82 Å². The van der Waals surface area contributed by atoms with Gasteiger partial charge in [0.15, 0.2) is 0 Å². The van der Waals surface area contributed by atoms with Crippen molar-refractivity contribution in [1.82, 2.24) is 10.3 Å². The van der Waals surface area contributed by atoms with Gasteiger partial charge in [0.25, 0.3) is 0 Å². The molecule has 3 N–H and O–H groups in total. The Bertz CT molecular complexity index is 383. The molecular formula is C13H22Cl2N4O. The minimum absolute atomic E-state index is 0. The smallest absolute Gasteiger partial charge is 0.221 e. The van der Waals surface area contributed by atoms with Crippen molar-refractivity contribution < 1.29 is 4.79 Å². The zero-order valence-corrected chi connectivity index (χ0v) is 13.0. The largest absolute Gasteiger partial charge is 0.356 e. The van der Waals surface area contributed by atoms with E-state index in [4.69, 9.17) is 5.73 Å². The van der Waals surface area contributed by atoms with Gasteiger partial charge in [-0.25, -0.2) is 4.98 Å². The molecule has 2 heterocycles. The van der Waals surface area contributed by atoms with Gasteiger partial charge in [-0.05, 0) is 25.0 Å². The number of carbonyl (C=O) groups excluding carboxylic acids is 1. The van der Waals surface area contributed by atoms with Crippen molar-refractivity contribution in [3.63, 3.8) is 0 Å². The Hall–Kier alpha value is -1.04. The molecule has 1 aromatic rings. The third kappa shape index (κ3) is 5.53. The maximum Gasteiger partial charge on any atom is 0.221 e. The standard InChI is InChI=1S/C13H20N4O.2ClH/c14-7-4-13(18)16-11-5-9-17(10-6-11)12-3-1-2-8-15-12;;/h1-3,8,11H,4-7,9-10,14H2,(H,16,18);2*1H. The van der Waals surface area contributed by atoms with E-state index < -0.39 is 0 Å². The van der Waals surface area contributed by atoms with Crippen LogP contribution in [-0.2, 0) is 4.79 Å². The Morgan fingerprint density at radius 3 is 2.60 bits per heavy atom. The molecule has 114 valence electrons. The van der Waals surface area contributed by atoms with Crippen LogP contribution in [0.5, 0.6) is 0 Å². The predicted octanol–water partition coefficient (Wildman–Crippen LogP) is 1.36. The average Bonchev–Trinajstić information content (AvgIpc) is 2.41. The summed E-state index contributed by atoms with van der Waals surface area (Å²) in [6.45, 7) is 2.29. The van der Waals surface area contributed by atoms with Gasteiger partial charge in [-0.1, -0.05) is 6.07 Å². The topological polar surface area (TPSA) is 71.2 Å². The number of halogens is 2. The SMILES string of the molecule is Cl.Cl.NCCC(=O)NC1CCN(c2ccccn2)CC1. The molecule has 0 radical (unpaired) electrons. The molecular weight excluding hydrogens is 299 g/mol. The van der Waals surface area contributed by atoms with Crippen LogP contribution in [0.1, 0.15) is 19.3 Å². The van der Waals surface area contributed by atoms with E-state index in [0.717, 1.165) is 31.7 Å². The third-order valence-corrected chi connectivity index (χ3v) is 3.20. The molecule has 0 unspecified atom stereocenters. The first-order chi connectivity index (χ1) is 8.79. The summed E-state index contributed by atoms with van der Waals surface area (Å²) in [6, 6.07) is 6.22. The van der Waals surface area contributed by atoms with Crippen molar-refractivity contribution in [3.8, 4) is 0 Å². The number of nitrogens with two attached hydrogens (primary N) is 1. The highest BCUT2D eigenvalue weighted by Crippen LogP contribution is 2.17. The van der Waals surface area contributed by atoms with Crippen molar-refractivity contribution >= 4 is 36.5 Å². The summed E-state index contributed by atoms with van der Waals surface area (Å²) in [5, 5.41) is 3.03. The number of aromatic nitrogens is 1. The normalized spacial score (nSPS) is 14.9. The number of nitrogens with zero attached hydrogens (tertiary/aromatic N) is 2. The van der Waals surface area contributed by atoms with Crippen molar-refractivity contribution in [2.75, 3.05) is 24.5 Å². The number of nitrogens with one attached hydrogen (secondary N) is 1. The molecule has 1 aliphatic rings. The number of amides is 1. The van der Waals surface area contributed by atoms with Gasteiger partial charge in [-0.15, -0.1) is 24.8 Å². The molecule has 0 aliphatic carbocycles. The molecule has 5 nitrogen and oxygen atoms in total. The second-order valence-corrected chi connectivity index (χ2v) is 4.56. The van der Waals surface area contributed by atoms with Gasteiger partial charge in [-0.3, -0.25) is 4.79 Å². The fraction of sp³-hybridized carbons (Fsp3) is 0.538. The fourth-order valence-electron chi connectivity index (χ4n) is 2.22. The van der Waals surface area contributed by atoms with Crippen molar-refractivity contribution in [1.29, 1.82) is 0 Å². The zero-order valence-electron chi connectivity index (χ0n) is 11.3. The molecule has 0 spiro atoms. The van der Waals surface area contributed by atoms with E-state index in [1.165, 1.54) is 0 Å². The summed E-state index contributed by atoms with van der Waals surface area (Å²) in [5.41, 5.74) is 5.36. The van der Waals surface area contributed by atoms with Gasteiger partial charge >= 0.3 is 0 Å². The Morgan fingerprint density at radius 2 is 2.05 bits per heavy atom. The first-order valence-electron chi connectivity index (χ1n) is 6.45.